The maximum atomic E-state index is 9.28. The van der Waals surface area contributed by atoms with Crippen LogP contribution in [0.2, 0.25) is 0 Å². The Kier molecular flexibility index (Phi) is 6.42. The van der Waals surface area contributed by atoms with Crippen LogP contribution in [-0.4, -0.2) is 37.4 Å². The van der Waals surface area contributed by atoms with Crippen LogP contribution in [0.4, 0.5) is 5.69 Å². The summed E-state index contributed by atoms with van der Waals surface area (Å²) in [5.41, 5.74) is 9.63. The van der Waals surface area contributed by atoms with Gasteiger partial charge in [0.2, 0.25) is 0 Å². The van der Waals surface area contributed by atoms with Crippen LogP contribution in [0.5, 0.6) is 0 Å². The number of rotatable bonds is 7. The lowest BCUT2D eigenvalue weighted by molar-refractivity contribution is 0.131. The lowest BCUT2D eigenvalue weighted by atomic mass is 9.84. The minimum absolute atomic E-state index is 0.0705. The van der Waals surface area contributed by atoms with Crippen LogP contribution in [0.3, 0.4) is 0 Å². The summed E-state index contributed by atoms with van der Waals surface area (Å²) in [5, 5.41) is 12.6. The van der Waals surface area contributed by atoms with Crippen molar-refractivity contribution in [2.75, 3.05) is 31.7 Å². The van der Waals surface area contributed by atoms with Crippen LogP contribution in [0, 0.1) is 5.41 Å². The maximum Gasteiger partial charge on any atom is 0.193 e. The molecular weight excluding hydrogens is 290 g/mol. The largest absolute Gasteiger partial charge is 0.396 e. The van der Waals surface area contributed by atoms with Gasteiger partial charge >= 0.3 is 0 Å². The van der Waals surface area contributed by atoms with Gasteiger partial charge in [0.05, 0.1) is 13.2 Å². The van der Waals surface area contributed by atoms with E-state index < -0.39 is 0 Å². The van der Waals surface area contributed by atoms with Crippen molar-refractivity contribution in [3.8, 4) is 0 Å². The SMILES string of the molecule is CCc1cccc(CC)c1NC(N)=NCC1(CCO)CCOC1. The average Bonchev–Trinajstić information content (AvgIpc) is 3.02. The molecule has 0 radical (unpaired) electrons. The van der Waals surface area contributed by atoms with Gasteiger partial charge in [0.1, 0.15) is 0 Å². The van der Waals surface area contributed by atoms with E-state index in [4.69, 9.17) is 10.5 Å². The molecule has 0 amide bonds. The number of anilines is 1. The molecule has 4 N–H and O–H groups in total. The van der Waals surface area contributed by atoms with Crippen molar-refractivity contribution in [1.82, 2.24) is 0 Å². The Morgan fingerprint density at radius 2 is 2.04 bits per heavy atom. The first kappa shape index (κ1) is 17.8. The van der Waals surface area contributed by atoms with E-state index in [2.05, 4.69) is 42.4 Å². The van der Waals surface area contributed by atoms with Gasteiger partial charge in [-0.15, -0.1) is 0 Å². The Balaban J connectivity index is 2.10. The van der Waals surface area contributed by atoms with E-state index in [1.54, 1.807) is 0 Å². The topological polar surface area (TPSA) is 79.9 Å². The molecule has 1 aromatic carbocycles. The lowest BCUT2D eigenvalue weighted by Gasteiger charge is -2.24. The Morgan fingerprint density at radius 1 is 1.35 bits per heavy atom. The fraction of sp³-hybridized carbons (Fsp3) is 0.611. The van der Waals surface area contributed by atoms with Gasteiger partial charge in [-0.1, -0.05) is 32.0 Å². The molecule has 2 rings (SSSR count). The third-order valence-electron chi connectivity index (χ3n) is 4.66. The van der Waals surface area contributed by atoms with Crippen LogP contribution in [0.1, 0.15) is 37.8 Å². The van der Waals surface area contributed by atoms with E-state index in [9.17, 15) is 5.11 Å². The second kappa shape index (κ2) is 8.31. The first-order chi connectivity index (χ1) is 11.1. The quantitative estimate of drug-likeness (QED) is 0.532. The molecule has 23 heavy (non-hydrogen) atoms. The van der Waals surface area contributed by atoms with Crippen LogP contribution in [0.25, 0.3) is 0 Å². The second-order valence-corrected chi connectivity index (χ2v) is 6.26. The standard InChI is InChI=1S/C18H29N3O2/c1-3-14-6-5-7-15(4-2)16(14)21-17(19)20-12-18(8-10-22)9-11-23-13-18/h5-7,22H,3-4,8-13H2,1-2H3,(H3,19,20,21). The van der Waals surface area contributed by atoms with Gasteiger partial charge in [-0.25, -0.2) is 0 Å². The number of hydrogen-bond donors (Lipinski definition) is 3. The molecule has 0 aliphatic carbocycles. The summed E-state index contributed by atoms with van der Waals surface area (Å²) < 4.78 is 5.50. The number of aliphatic hydroxyl groups is 1. The summed E-state index contributed by atoms with van der Waals surface area (Å²) in [4.78, 5) is 4.54. The predicted octanol–water partition coefficient (Wildman–Crippen LogP) is 2.33. The molecular formula is C18H29N3O2. The molecule has 1 aromatic rings. The summed E-state index contributed by atoms with van der Waals surface area (Å²) in [5.74, 6) is 0.435. The van der Waals surface area contributed by atoms with E-state index in [-0.39, 0.29) is 12.0 Å². The third kappa shape index (κ3) is 4.45. The highest BCUT2D eigenvalue weighted by atomic mass is 16.5. The molecule has 128 valence electrons. The Labute approximate surface area is 138 Å². The van der Waals surface area contributed by atoms with Crippen LogP contribution in [-0.2, 0) is 17.6 Å². The minimum atomic E-state index is -0.0705. The van der Waals surface area contributed by atoms with E-state index >= 15 is 0 Å². The van der Waals surface area contributed by atoms with Crippen molar-refractivity contribution in [2.45, 2.75) is 39.5 Å². The van der Waals surface area contributed by atoms with Gasteiger partial charge < -0.3 is 20.9 Å². The molecule has 1 saturated heterocycles. The summed E-state index contributed by atoms with van der Waals surface area (Å²) >= 11 is 0. The Bertz CT molecular complexity index is 515. The number of aliphatic hydroxyl groups excluding tert-OH is 1. The number of aryl methyl sites for hydroxylation is 2. The number of aliphatic imine (C=N–C) groups is 1. The number of nitrogens with one attached hydrogen (secondary N) is 1. The zero-order chi connectivity index (χ0) is 16.7. The van der Waals surface area contributed by atoms with Crippen molar-refractivity contribution in [3.63, 3.8) is 0 Å². The summed E-state index contributed by atoms with van der Waals surface area (Å²) in [7, 11) is 0. The number of nitrogens with two attached hydrogens (primary N) is 1. The zero-order valence-electron chi connectivity index (χ0n) is 14.3. The summed E-state index contributed by atoms with van der Waals surface area (Å²) in [6, 6.07) is 6.32. The Hall–Kier alpha value is -1.59. The molecule has 1 unspecified atom stereocenters. The fourth-order valence-corrected chi connectivity index (χ4v) is 3.11. The van der Waals surface area contributed by atoms with Gasteiger partial charge in [0.15, 0.2) is 5.96 Å². The number of benzene rings is 1. The second-order valence-electron chi connectivity index (χ2n) is 6.26. The molecule has 1 heterocycles. The lowest BCUT2D eigenvalue weighted by Crippen LogP contribution is -2.30. The van der Waals surface area contributed by atoms with Crippen molar-refractivity contribution >= 4 is 11.6 Å². The van der Waals surface area contributed by atoms with E-state index in [1.807, 2.05) is 0 Å². The van der Waals surface area contributed by atoms with E-state index in [1.165, 1.54) is 11.1 Å². The van der Waals surface area contributed by atoms with Crippen LogP contribution >= 0.6 is 0 Å². The van der Waals surface area contributed by atoms with Gasteiger partial charge in [-0.05, 0) is 36.8 Å². The van der Waals surface area contributed by atoms with E-state index in [0.29, 0.717) is 25.5 Å². The van der Waals surface area contributed by atoms with Gasteiger partial charge in [0.25, 0.3) is 0 Å². The molecule has 1 atom stereocenters. The highest BCUT2D eigenvalue weighted by molar-refractivity contribution is 5.93. The van der Waals surface area contributed by atoms with Crippen molar-refractivity contribution in [2.24, 2.45) is 16.1 Å². The highest BCUT2D eigenvalue weighted by Crippen LogP contribution is 2.32. The number of guanidine groups is 1. The highest BCUT2D eigenvalue weighted by Gasteiger charge is 2.34. The summed E-state index contributed by atoms with van der Waals surface area (Å²) in [6.07, 6.45) is 3.53. The molecule has 0 saturated carbocycles. The van der Waals surface area contributed by atoms with Gasteiger partial charge in [0, 0.05) is 24.3 Å². The van der Waals surface area contributed by atoms with Crippen molar-refractivity contribution < 1.29 is 9.84 Å². The summed E-state index contributed by atoms with van der Waals surface area (Å²) in [6.45, 7) is 6.41. The minimum Gasteiger partial charge on any atom is -0.396 e. The maximum absolute atomic E-state index is 9.28. The molecule has 0 bridgehead atoms. The number of para-hydroxylation sites is 1. The number of hydrogen-bond acceptors (Lipinski definition) is 3. The van der Waals surface area contributed by atoms with Crippen molar-refractivity contribution in [1.29, 1.82) is 0 Å². The van der Waals surface area contributed by atoms with Crippen molar-refractivity contribution in [3.05, 3.63) is 29.3 Å². The predicted molar refractivity (Wildman–Crippen MR) is 94.9 cm³/mol. The third-order valence-corrected chi connectivity index (χ3v) is 4.66. The molecule has 5 heteroatoms. The molecule has 0 aromatic heterocycles. The van der Waals surface area contributed by atoms with Crippen LogP contribution in [0.15, 0.2) is 23.2 Å². The molecule has 1 aliphatic heterocycles. The fourth-order valence-electron chi connectivity index (χ4n) is 3.11. The van der Waals surface area contributed by atoms with Gasteiger partial charge in [-0.2, -0.15) is 0 Å². The molecule has 0 spiro atoms. The molecule has 5 nitrogen and oxygen atoms in total. The normalized spacial score (nSPS) is 21.6. The number of ether oxygens (including phenoxy) is 1. The number of nitrogens with zero attached hydrogens (tertiary/aromatic N) is 1. The zero-order valence-corrected chi connectivity index (χ0v) is 14.3. The van der Waals surface area contributed by atoms with Crippen LogP contribution < -0.4 is 11.1 Å². The molecule has 1 fully saturated rings. The average molecular weight is 319 g/mol. The Morgan fingerprint density at radius 3 is 2.57 bits per heavy atom. The molecule has 1 aliphatic rings. The van der Waals surface area contributed by atoms with E-state index in [0.717, 1.165) is 31.6 Å². The first-order valence-electron chi connectivity index (χ1n) is 8.50. The smallest absolute Gasteiger partial charge is 0.193 e. The monoisotopic (exact) mass is 319 g/mol. The first-order valence-corrected chi connectivity index (χ1v) is 8.50. The van der Waals surface area contributed by atoms with Gasteiger partial charge in [-0.3, -0.25) is 4.99 Å².